The summed E-state index contributed by atoms with van der Waals surface area (Å²) in [6.45, 7) is 2.91. The van der Waals surface area contributed by atoms with Gasteiger partial charge in [0.05, 0.1) is 4.88 Å². The van der Waals surface area contributed by atoms with Crippen LogP contribution >= 0.6 is 27.3 Å². The number of nitrogens with zero attached hydrogens (tertiary/aromatic N) is 2. The Labute approximate surface area is 101 Å². The maximum absolute atomic E-state index is 4.42. The standard InChI is InChI=1S/C10H10BrN3S/c1-2-12-8-3-5-13-10(14-8)9-7(11)4-6-15-9/h3-6H,2H2,1H3,(H,12,13,14). The second-order valence-electron chi connectivity index (χ2n) is 2.89. The van der Waals surface area contributed by atoms with Gasteiger partial charge >= 0.3 is 0 Å². The summed E-state index contributed by atoms with van der Waals surface area (Å²) in [6.07, 6.45) is 1.77. The summed E-state index contributed by atoms with van der Waals surface area (Å²) in [5, 5.41) is 5.18. The van der Waals surface area contributed by atoms with Gasteiger partial charge in [-0.2, -0.15) is 0 Å². The molecule has 0 atom stereocenters. The lowest BCUT2D eigenvalue weighted by molar-refractivity contribution is 1.12. The third kappa shape index (κ3) is 2.35. The maximum Gasteiger partial charge on any atom is 0.172 e. The van der Waals surface area contributed by atoms with Crippen molar-refractivity contribution >= 4 is 33.1 Å². The Morgan fingerprint density at radius 3 is 3.00 bits per heavy atom. The van der Waals surface area contributed by atoms with Crippen LogP contribution in [-0.4, -0.2) is 16.5 Å². The number of nitrogens with one attached hydrogen (secondary N) is 1. The lowest BCUT2D eigenvalue weighted by Gasteiger charge is -2.03. The van der Waals surface area contributed by atoms with Crippen LogP contribution in [0.1, 0.15) is 6.92 Å². The zero-order valence-electron chi connectivity index (χ0n) is 8.20. The van der Waals surface area contributed by atoms with E-state index in [0.717, 1.165) is 27.5 Å². The van der Waals surface area contributed by atoms with E-state index in [1.807, 2.05) is 24.4 Å². The zero-order valence-corrected chi connectivity index (χ0v) is 10.6. The Morgan fingerprint density at radius 1 is 1.47 bits per heavy atom. The largest absolute Gasteiger partial charge is 0.370 e. The first-order chi connectivity index (χ1) is 7.31. The molecule has 0 aliphatic rings. The molecule has 0 saturated heterocycles. The van der Waals surface area contributed by atoms with Crippen LogP contribution in [0.15, 0.2) is 28.2 Å². The van der Waals surface area contributed by atoms with Gasteiger partial charge in [-0.3, -0.25) is 0 Å². The summed E-state index contributed by atoms with van der Waals surface area (Å²) in [6, 6.07) is 3.87. The first-order valence-electron chi connectivity index (χ1n) is 4.61. The number of rotatable bonds is 3. The fourth-order valence-electron chi connectivity index (χ4n) is 1.20. The van der Waals surface area contributed by atoms with Crippen molar-refractivity contribution in [3.05, 3.63) is 28.2 Å². The lowest BCUT2D eigenvalue weighted by atomic mass is 10.4. The summed E-state index contributed by atoms with van der Waals surface area (Å²) in [7, 11) is 0. The van der Waals surface area contributed by atoms with Crippen LogP contribution in [0.3, 0.4) is 0 Å². The molecule has 0 fully saturated rings. The van der Waals surface area contributed by atoms with Crippen LogP contribution in [0.25, 0.3) is 10.7 Å². The number of anilines is 1. The second-order valence-corrected chi connectivity index (χ2v) is 4.66. The third-order valence-corrected chi connectivity index (χ3v) is 3.67. The van der Waals surface area contributed by atoms with E-state index >= 15 is 0 Å². The predicted octanol–water partition coefficient (Wildman–Crippen LogP) is 3.40. The Bertz CT molecular complexity index is 455. The SMILES string of the molecule is CCNc1ccnc(-c2sccc2Br)n1. The van der Waals surface area contributed by atoms with Crippen molar-refractivity contribution in [2.24, 2.45) is 0 Å². The Kier molecular flexibility index (Phi) is 3.33. The van der Waals surface area contributed by atoms with Gasteiger partial charge < -0.3 is 5.32 Å². The van der Waals surface area contributed by atoms with Gasteiger partial charge in [0.15, 0.2) is 5.82 Å². The molecule has 5 heteroatoms. The monoisotopic (exact) mass is 283 g/mol. The van der Waals surface area contributed by atoms with E-state index in [1.54, 1.807) is 17.5 Å². The zero-order chi connectivity index (χ0) is 10.7. The highest BCUT2D eigenvalue weighted by Gasteiger charge is 2.07. The molecule has 2 heterocycles. The quantitative estimate of drug-likeness (QED) is 0.938. The highest BCUT2D eigenvalue weighted by molar-refractivity contribution is 9.10. The Morgan fingerprint density at radius 2 is 2.33 bits per heavy atom. The van der Waals surface area contributed by atoms with Crippen molar-refractivity contribution in [1.29, 1.82) is 0 Å². The van der Waals surface area contributed by atoms with Crippen molar-refractivity contribution in [2.75, 3.05) is 11.9 Å². The van der Waals surface area contributed by atoms with Crippen LogP contribution in [0.5, 0.6) is 0 Å². The van der Waals surface area contributed by atoms with Crippen LogP contribution in [-0.2, 0) is 0 Å². The van der Waals surface area contributed by atoms with Crippen molar-refractivity contribution in [3.63, 3.8) is 0 Å². The highest BCUT2D eigenvalue weighted by Crippen LogP contribution is 2.31. The fourth-order valence-corrected chi connectivity index (χ4v) is 2.69. The normalized spacial score (nSPS) is 10.3. The van der Waals surface area contributed by atoms with E-state index in [9.17, 15) is 0 Å². The first-order valence-corrected chi connectivity index (χ1v) is 6.29. The summed E-state index contributed by atoms with van der Waals surface area (Å²) in [5.41, 5.74) is 0. The summed E-state index contributed by atoms with van der Waals surface area (Å²) < 4.78 is 1.04. The van der Waals surface area contributed by atoms with Gasteiger partial charge in [-0.15, -0.1) is 11.3 Å². The molecule has 2 aromatic heterocycles. The Hall–Kier alpha value is -0.940. The molecule has 2 aromatic rings. The molecule has 0 aliphatic carbocycles. The number of hydrogen-bond acceptors (Lipinski definition) is 4. The van der Waals surface area contributed by atoms with Crippen molar-refractivity contribution in [3.8, 4) is 10.7 Å². The smallest absolute Gasteiger partial charge is 0.172 e. The van der Waals surface area contributed by atoms with Gasteiger partial charge in [0, 0.05) is 17.2 Å². The second kappa shape index (κ2) is 4.72. The fraction of sp³-hybridized carbons (Fsp3) is 0.200. The van der Waals surface area contributed by atoms with Crippen LogP contribution in [0, 0.1) is 0 Å². The summed E-state index contributed by atoms with van der Waals surface area (Å²) >= 11 is 5.11. The number of halogens is 1. The number of hydrogen-bond donors (Lipinski definition) is 1. The van der Waals surface area contributed by atoms with Crippen molar-refractivity contribution in [1.82, 2.24) is 9.97 Å². The minimum absolute atomic E-state index is 0.760. The molecule has 78 valence electrons. The van der Waals surface area contributed by atoms with Crippen molar-refractivity contribution in [2.45, 2.75) is 6.92 Å². The van der Waals surface area contributed by atoms with Gasteiger partial charge in [0.2, 0.25) is 0 Å². The lowest BCUT2D eigenvalue weighted by Crippen LogP contribution is -2.00. The van der Waals surface area contributed by atoms with Crippen LogP contribution in [0.2, 0.25) is 0 Å². The van der Waals surface area contributed by atoms with E-state index in [1.165, 1.54) is 0 Å². The van der Waals surface area contributed by atoms with Gasteiger partial charge in [0.1, 0.15) is 5.82 Å². The number of aromatic nitrogens is 2. The summed E-state index contributed by atoms with van der Waals surface area (Å²) in [4.78, 5) is 9.74. The molecule has 1 N–H and O–H groups in total. The van der Waals surface area contributed by atoms with Crippen LogP contribution < -0.4 is 5.32 Å². The molecule has 0 bridgehead atoms. The third-order valence-electron chi connectivity index (χ3n) is 1.83. The first kappa shape index (κ1) is 10.6. The van der Waals surface area contributed by atoms with Crippen molar-refractivity contribution < 1.29 is 0 Å². The molecule has 15 heavy (non-hydrogen) atoms. The van der Waals surface area contributed by atoms with Gasteiger partial charge in [-0.1, -0.05) is 0 Å². The van der Waals surface area contributed by atoms with E-state index in [4.69, 9.17) is 0 Å². The number of thiophene rings is 1. The summed E-state index contributed by atoms with van der Waals surface area (Å²) in [5.74, 6) is 1.62. The molecule has 0 aliphatic heterocycles. The topological polar surface area (TPSA) is 37.8 Å². The molecule has 0 amide bonds. The van der Waals surface area contributed by atoms with Crippen LogP contribution in [0.4, 0.5) is 5.82 Å². The molecule has 0 radical (unpaired) electrons. The van der Waals surface area contributed by atoms with E-state index in [2.05, 4.69) is 31.2 Å². The molecule has 2 rings (SSSR count). The van der Waals surface area contributed by atoms with Gasteiger partial charge in [-0.05, 0) is 40.4 Å². The van der Waals surface area contributed by atoms with Gasteiger partial charge in [-0.25, -0.2) is 9.97 Å². The van der Waals surface area contributed by atoms with E-state index < -0.39 is 0 Å². The maximum atomic E-state index is 4.42. The molecular weight excluding hydrogens is 274 g/mol. The molecule has 0 saturated carbocycles. The van der Waals surface area contributed by atoms with Gasteiger partial charge in [0.25, 0.3) is 0 Å². The molecule has 0 spiro atoms. The molecule has 0 unspecified atom stereocenters. The highest BCUT2D eigenvalue weighted by atomic mass is 79.9. The molecule has 0 aromatic carbocycles. The average molecular weight is 284 g/mol. The average Bonchev–Trinajstić information content (AvgIpc) is 2.65. The molecule has 3 nitrogen and oxygen atoms in total. The van der Waals surface area contributed by atoms with E-state index in [-0.39, 0.29) is 0 Å². The van der Waals surface area contributed by atoms with E-state index in [0.29, 0.717) is 0 Å². The minimum Gasteiger partial charge on any atom is -0.370 e. The Balaban J connectivity index is 2.37. The molecular formula is C10H10BrN3S. The predicted molar refractivity (Wildman–Crippen MR) is 67.2 cm³/mol. The minimum atomic E-state index is 0.760.